The van der Waals surface area contributed by atoms with Gasteiger partial charge in [-0.05, 0) is 46.5 Å². The van der Waals surface area contributed by atoms with Gasteiger partial charge in [0.2, 0.25) is 0 Å². The zero-order valence-electron chi connectivity index (χ0n) is 11.2. The first-order valence-corrected chi connectivity index (χ1v) is 7.00. The summed E-state index contributed by atoms with van der Waals surface area (Å²) in [6, 6.07) is 5.71. The van der Waals surface area contributed by atoms with E-state index in [0.29, 0.717) is 12.8 Å². The molecule has 114 valence electrons. The molecule has 0 saturated heterocycles. The average molecular weight is 353 g/mol. The molecule has 3 N–H and O–H groups in total. The van der Waals surface area contributed by atoms with Gasteiger partial charge in [0, 0.05) is 12.6 Å². The van der Waals surface area contributed by atoms with Crippen LogP contribution in [-0.2, 0) is 11.2 Å². The molecule has 0 spiro atoms. The van der Waals surface area contributed by atoms with E-state index in [2.05, 4.69) is 21.4 Å². The molecule has 0 aromatic heterocycles. The van der Waals surface area contributed by atoms with Gasteiger partial charge >= 0.3 is 0 Å². The van der Waals surface area contributed by atoms with Crippen molar-refractivity contribution in [3.05, 3.63) is 28.2 Å². The Balaban J connectivity index is 2.45. The van der Waals surface area contributed by atoms with E-state index < -0.39 is 13.0 Å². The van der Waals surface area contributed by atoms with E-state index in [4.69, 9.17) is 15.3 Å². The largest absolute Gasteiger partial charge is 0.496 e. The summed E-state index contributed by atoms with van der Waals surface area (Å²) in [6.07, 6.45) is -1.19. The number of benzene rings is 1. The number of ether oxygens (including phenoxy) is 2. The van der Waals surface area contributed by atoms with Crippen molar-refractivity contribution in [2.75, 3.05) is 20.3 Å². The fourth-order valence-electron chi connectivity index (χ4n) is 1.76. The van der Waals surface area contributed by atoms with Gasteiger partial charge in [-0.3, -0.25) is 11.3 Å². The predicted molar refractivity (Wildman–Crippen MR) is 76.9 cm³/mol. The van der Waals surface area contributed by atoms with Crippen LogP contribution in [0.25, 0.3) is 0 Å². The molecule has 4 nitrogen and oxygen atoms in total. The van der Waals surface area contributed by atoms with Gasteiger partial charge in [-0.2, -0.15) is 0 Å². The maximum Gasteiger partial charge on any atom is 0.261 e. The van der Waals surface area contributed by atoms with Crippen LogP contribution in [0.3, 0.4) is 0 Å². The minimum Gasteiger partial charge on any atom is -0.496 e. The van der Waals surface area contributed by atoms with Crippen LogP contribution in [0.5, 0.6) is 5.75 Å². The van der Waals surface area contributed by atoms with Gasteiger partial charge in [0.1, 0.15) is 12.4 Å². The second-order valence-electron chi connectivity index (χ2n) is 4.29. The van der Waals surface area contributed by atoms with Crippen LogP contribution < -0.4 is 16.0 Å². The van der Waals surface area contributed by atoms with Crippen LogP contribution in [0.15, 0.2) is 22.7 Å². The quantitative estimate of drug-likeness (QED) is 0.407. The number of hydrazine groups is 1. The second kappa shape index (κ2) is 9.23. The number of hydrogen-bond donors (Lipinski definition) is 2. The summed E-state index contributed by atoms with van der Waals surface area (Å²) < 4.78 is 34.7. The third-order valence-electron chi connectivity index (χ3n) is 2.79. The number of halogens is 3. The smallest absolute Gasteiger partial charge is 0.261 e. The molecule has 1 aromatic rings. The molecule has 1 aromatic carbocycles. The number of hydrogen-bond acceptors (Lipinski definition) is 4. The van der Waals surface area contributed by atoms with Crippen molar-refractivity contribution < 1.29 is 18.3 Å². The van der Waals surface area contributed by atoms with Gasteiger partial charge in [-0.1, -0.05) is 6.07 Å². The zero-order valence-corrected chi connectivity index (χ0v) is 12.8. The van der Waals surface area contributed by atoms with Crippen molar-refractivity contribution in [2.24, 2.45) is 5.84 Å². The van der Waals surface area contributed by atoms with Crippen molar-refractivity contribution in [3.63, 3.8) is 0 Å². The highest BCUT2D eigenvalue weighted by Crippen LogP contribution is 2.26. The topological polar surface area (TPSA) is 56.5 Å². The van der Waals surface area contributed by atoms with Crippen molar-refractivity contribution in [1.29, 1.82) is 0 Å². The molecule has 0 fully saturated rings. The Morgan fingerprint density at radius 3 is 2.70 bits per heavy atom. The van der Waals surface area contributed by atoms with Gasteiger partial charge in [-0.15, -0.1) is 0 Å². The summed E-state index contributed by atoms with van der Waals surface area (Å²) >= 11 is 3.41. The van der Waals surface area contributed by atoms with E-state index in [1.807, 2.05) is 18.2 Å². The Bertz CT molecular complexity index is 408. The van der Waals surface area contributed by atoms with Crippen molar-refractivity contribution in [3.8, 4) is 5.75 Å². The maximum atomic E-state index is 11.9. The Hall–Kier alpha value is -0.760. The molecular weight excluding hydrogens is 334 g/mol. The van der Waals surface area contributed by atoms with Crippen molar-refractivity contribution in [1.82, 2.24) is 5.43 Å². The SMILES string of the molecule is COc1ccc(CC(CCOCC(F)F)NN)cc1Br. The molecule has 1 atom stereocenters. The van der Waals surface area contributed by atoms with E-state index in [0.717, 1.165) is 15.8 Å². The van der Waals surface area contributed by atoms with Gasteiger partial charge in [0.15, 0.2) is 0 Å². The van der Waals surface area contributed by atoms with Crippen LogP contribution in [0.4, 0.5) is 8.78 Å². The van der Waals surface area contributed by atoms with Crippen LogP contribution >= 0.6 is 15.9 Å². The maximum absolute atomic E-state index is 11.9. The van der Waals surface area contributed by atoms with Crippen LogP contribution in [0.2, 0.25) is 0 Å². The Morgan fingerprint density at radius 2 is 2.15 bits per heavy atom. The van der Waals surface area contributed by atoms with Gasteiger partial charge < -0.3 is 9.47 Å². The summed E-state index contributed by atoms with van der Waals surface area (Å²) in [4.78, 5) is 0. The molecule has 0 aliphatic carbocycles. The average Bonchev–Trinajstić information content (AvgIpc) is 2.42. The van der Waals surface area contributed by atoms with Crippen LogP contribution in [0.1, 0.15) is 12.0 Å². The van der Waals surface area contributed by atoms with Crippen LogP contribution in [-0.4, -0.2) is 32.8 Å². The number of rotatable bonds is 9. The highest BCUT2D eigenvalue weighted by molar-refractivity contribution is 9.10. The third-order valence-corrected chi connectivity index (χ3v) is 3.41. The first kappa shape index (κ1) is 17.3. The molecule has 0 amide bonds. The number of methoxy groups -OCH3 is 1. The summed E-state index contributed by atoms with van der Waals surface area (Å²) in [6.45, 7) is -0.290. The molecule has 0 aliphatic rings. The first-order valence-electron chi connectivity index (χ1n) is 6.21. The zero-order chi connectivity index (χ0) is 15.0. The summed E-state index contributed by atoms with van der Waals surface area (Å²) in [7, 11) is 1.60. The summed E-state index contributed by atoms with van der Waals surface area (Å²) in [5.74, 6) is 6.22. The lowest BCUT2D eigenvalue weighted by Gasteiger charge is -2.16. The number of nitrogens with one attached hydrogen (secondary N) is 1. The monoisotopic (exact) mass is 352 g/mol. The molecular formula is C13H19BrF2N2O2. The van der Waals surface area contributed by atoms with Gasteiger partial charge in [-0.25, -0.2) is 8.78 Å². The molecule has 20 heavy (non-hydrogen) atoms. The van der Waals surface area contributed by atoms with E-state index in [1.165, 1.54) is 0 Å². The van der Waals surface area contributed by atoms with E-state index >= 15 is 0 Å². The lowest BCUT2D eigenvalue weighted by molar-refractivity contribution is 0.0144. The fraction of sp³-hybridized carbons (Fsp3) is 0.538. The fourth-order valence-corrected chi connectivity index (χ4v) is 2.35. The minimum absolute atomic E-state index is 0.0343. The third kappa shape index (κ3) is 6.13. The summed E-state index contributed by atoms with van der Waals surface area (Å²) in [5, 5.41) is 0. The molecule has 7 heteroatoms. The highest BCUT2D eigenvalue weighted by Gasteiger charge is 2.10. The first-order chi connectivity index (χ1) is 9.56. The number of nitrogens with two attached hydrogens (primary N) is 1. The molecule has 0 saturated carbocycles. The Labute approximate surface area is 125 Å². The molecule has 0 heterocycles. The lowest BCUT2D eigenvalue weighted by Crippen LogP contribution is -2.37. The lowest BCUT2D eigenvalue weighted by atomic mass is 10.0. The van der Waals surface area contributed by atoms with Crippen molar-refractivity contribution >= 4 is 15.9 Å². The second-order valence-corrected chi connectivity index (χ2v) is 5.15. The van der Waals surface area contributed by atoms with Gasteiger partial charge in [0.25, 0.3) is 6.43 Å². The normalized spacial score (nSPS) is 12.7. The number of alkyl halides is 2. The molecule has 1 rings (SSSR count). The summed E-state index contributed by atoms with van der Waals surface area (Å²) in [5.41, 5.74) is 3.74. The van der Waals surface area contributed by atoms with Crippen LogP contribution in [0, 0.1) is 0 Å². The van der Waals surface area contributed by atoms with Gasteiger partial charge in [0.05, 0.1) is 11.6 Å². The Morgan fingerprint density at radius 1 is 1.40 bits per heavy atom. The molecule has 0 aliphatic heterocycles. The molecule has 0 bridgehead atoms. The predicted octanol–water partition coefficient (Wildman–Crippen LogP) is 2.50. The van der Waals surface area contributed by atoms with E-state index in [1.54, 1.807) is 7.11 Å². The Kier molecular flexibility index (Phi) is 7.98. The standard InChI is InChI=1S/C13H19BrF2N2O2/c1-19-12-3-2-9(7-11(12)14)6-10(18-17)4-5-20-8-13(15)16/h2-3,7,10,13,18H,4-6,8,17H2,1H3. The highest BCUT2D eigenvalue weighted by atomic mass is 79.9. The molecule has 1 unspecified atom stereocenters. The molecule has 0 radical (unpaired) electrons. The minimum atomic E-state index is -2.43. The van der Waals surface area contributed by atoms with E-state index in [9.17, 15) is 8.78 Å². The van der Waals surface area contributed by atoms with E-state index in [-0.39, 0.29) is 12.6 Å². The van der Waals surface area contributed by atoms with Crippen molar-refractivity contribution in [2.45, 2.75) is 25.3 Å².